The lowest BCUT2D eigenvalue weighted by Crippen LogP contribution is -2.36. The molecule has 1 fully saturated rings. The van der Waals surface area contributed by atoms with Crippen LogP contribution >= 0.6 is 0 Å². The van der Waals surface area contributed by atoms with Crippen molar-refractivity contribution in [3.8, 4) is 11.8 Å². The zero-order valence-corrected chi connectivity index (χ0v) is 11.1. The Morgan fingerprint density at radius 2 is 2.20 bits per heavy atom. The molecule has 2 amide bonds. The van der Waals surface area contributed by atoms with Gasteiger partial charge in [-0.1, -0.05) is 18.2 Å². The minimum Gasteiger partial charge on any atom is -0.478 e. The molecule has 0 radical (unpaired) electrons. The van der Waals surface area contributed by atoms with Crippen molar-refractivity contribution in [2.45, 2.75) is 19.0 Å². The molecule has 0 aliphatic carbocycles. The Hall–Kier alpha value is -2.39. The Morgan fingerprint density at radius 1 is 1.45 bits per heavy atom. The fourth-order valence-electron chi connectivity index (χ4n) is 2.05. The fourth-order valence-corrected chi connectivity index (χ4v) is 2.05. The van der Waals surface area contributed by atoms with E-state index in [0.717, 1.165) is 10.5 Å². The maximum atomic E-state index is 11.8. The summed E-state index contributed by atoms with van der Waals surface area (Å²) in [6.45, 7) is 0.375. The van der Waals surface area contributed by atoms with Crippen LogP contribution in [0.5, 0.6) is 5.75 Å². The number of likely N-dealkylation sites (tertiary alicyclic amines) is 1. The molecule has 2 rings (SSSR count). The number of benzene rings is 1. The number of ether oxygens (including phenoxy) is 1. The average molecular weight is 273 g/mol. The minimum atomic E-state index is -0.489. The van der Waals surface area contributed by atoms with Gasteiger partial charge >= 0.3 is 0 Å². The third-order valence-electron chi connectivity index (χ3n) is 3.19. The monoisotopic (exact) mass is 273 g/mol. The van der Waals surface area contributed by atoms with Crippen LogP contribution in [0.15, 0.2) is 24.3 Å². The Kier molecular flexibility index (Phi) is 4.33. The molecule has 1 unspecified atom stereocenters. The Labute approximate surface area is 116 Å². The van der Waals surface area contributed by atoms with Gasteiger partial charge in [-0.05, 0) is 6.07 Å². The fraction of sp³-hybridized carbons (Fsp3) is 0.357. The van der Waals surface area contributed by atoms with Gasteiger partial charge in [-0.15, -0.1) is 0 Å². The molecular formula is C14H15N3O3. The number of hydrogen-bond acceptors (Lipinski definition) is 5. The number of imide groups is 1. The van der Waals surface area contributed by atoms with Crippen LogP contribution in [0.1, 0.15) is 12.0 Å². The predicted molar refractivity (Wildman–Crippen MR) is 70.6 cm³/mol. The van der Waals surface area contributed by atoms with Gasteiger partial charge in [-0.25, -0.2) is 0 Å². The maximum absolute atomic E-state index is 11.8. The van der Waals surface area contributed by atoms with Gasteiger partial charge < -0.3 is 10.1 Å². The van der Waals surface area contributed by atoms with Crippen LogP contribution in [0.25, 0.3) is 0 Å². The molecule has 1 saturated heterocycles. The van der Waals surface area contributed by atoms with Crippen LogP contribution in [0.3, 0.4) is 0 Å². The SMILES string of the molecule is CN1C(=O)CC(NCc2ccccc2OCC#N)C1=O. The molecule has 1 heterocycles. The smallest absolute Gasteiger partial charge is 0.246 e. The van der Waals surface area contributed by atoms with Crippen molar-refractivity contribution in [2.75, 3.05) is 13.7 Å². The van der Waals surface area contributed by atoms with E-state index in [1.54, 1.807) is 6.07 Å². The van der Waals surface area contributed by atoms with Gasteiger partial charge in [0.05, 0.1) is 12.5 Å². The van der Waals surface area contributed by atoms with E-state index in [2.05, 4.69) is 5.32 Å². The molecule has 0 aromatic heterocycles. The van der Waals surface area contributed by atoms with Crippen LogP contribution in [-0.4, -0.2) is 36.4 Å². The topological polar surface area (TPSA) is 82.4 Å². The minimum absolute atomic E-state index is 0.0272. The summed E-state index contributed by atoms with van der Waals surface area (Å²) in [5.74, 6) is 0.207. The number of nitrogens with one attached hydrogen (secondary N) is 1. The summed E-state index contributed by atoms with van der Waals surface area (Å²) in [4.78, 5) is 24.3. The van der Waals surface area contributed by atoms with Crippen LogP contribution in [0.2, 0.25) is 0 Å². The number of amides is 2. The van der Waals surface area contributed by atoms with Gasteiger partial charge in [0.2, 0.25) is 11.8 Å². The molecular weight excluding hydrogens is 258 g/mol. The Bertz CT molecular complexity index is 565. The first-order valence-electron chi connectivity index (χ1n) is 6.25. The summed E-state index contributed by atoms with van der Waals surface area (Å²) < 4.78 is 5.31. The first-order valence-corrected chi connectivity index (χ1v) is 6.25. The molecule has 1 aromatic carbocycles. The Morgan fingerprint density at radius 3 is 2.85 bits per heavy atom. The molecule has 1 aliphatic heterocycles. The van der Waals surface area contributed by atoms with Crippen molar-refractivity contribution in [3.05, 3.63) is 29.8 Å². The lowest BCUT2D eigenvalue weighted by molar-refractivity contribution is -0.137. The van der Waals surface area contributed by atoms with Crippen LogP contribution < -0.4 is 10.1 Å². The van der Waals surface area contributed by atoms with E-state index in [4.69, 9.17) is 10.00 Å². The number of carbonyl (C=O) groups excluding carboxylic acids is 2. The van der Waals surface area contributed by atoms with E-state index in [-0.39, 0.29) is 24.8 Å². The first kappa shape index (κ1) is 14.0. The molecule has 6 nitrogen and oxygen atoms in total. The number of hydrogen-bond donors (Lipinski definition) is 1. The zero-order chi connectivity index (χ0) is 14.5. The lowest BCUT2D eigenvalue weighted by Gasteiger charge is -2.13. The van der Waals surface area contributed by atoms with E-state index in [0.29, 0.717) is 12.3 Å². The van der Waals surface area contributed by atoms with E-state index in [9.17, 15) is 9.59 Å². The highest BCUT2D eigenvalue weighted by atomic mass is 16.5. The van der Waals surface area contributed by atoms with Crippen LogP contribution in [0, 0.1) is 11.3 Å². The highest BCUT2D eigenvalue weighted by Gasteiger charge is 2.35. The van der Waals surface area contributed by atoms with Crippen molar-refractivity contribution in [1.29, 1.82) is 5.26 Å². The molecule has 1 atom stereocenters. The van der Waals surface area contributed by atoms with Gasteiger partial charge in [0, 0.05) is 19.2 Å². The molecule has 6 heteroatoms. The summed E-state index contributed by atoms with van der Waals surface area (Å²) in [7, 11) is 1.48. The molecule has 0 spiro atoms. The van der Waals surface area contributed by atoms with Gasteiger partial charge in [0.1, 0.15) is 11.8 Å². The molecule has 104 valence electrons. The van der Waals surface area contributed by atoms with Gasteiger partial charge in [0.25, 0.3) is 0 Å². The summed E-state index contributed by atoms with van der Waals surface area (Å²) >= 11 is 0. The summed E-state index contributed by atoms with van der Waals surface area (Å²) in [5.41, 5.74) is 0.845. The lowest BCUT2D eigenvalue weighted by atomic mass is 10.1. The quantitative estimate of drug-likeness (QED) is 0.787. The highest BCUT2D eigenvalue weighted by molar-refractivity contribution is 6.05. The normalized spacial score (nSPS) is 18.2. The van der Waals surface area contributed by atoms with Gasteiger partial charge in [0.15, 0.2) is 6.61 Å². The molecule has 0 saturated carbocycles. The second-order valence-corrected chi connectivity index (χ2v) is 4.48. The number of likely N-dealkylation sites (N-methyl/N-ethyl adjacent to an activating group) is 1. The third kappa shape index (κ3) is 2.95. The first-order chi connectivity index (χ1) is 9.63. The number of carbonyl (C=O) groups is 2. The second kappa shape index (κ2) is 6.17. The number of nitrogens with zero attached hydrogens (tertiary/aromatic N) is 2. The highest BCUT2D eigenvalue weighted by Crippen LogP contribution is 2.19. The molecule has 1 aliphatic rings. The van der Waals surface area contributed by atoms with Crippen molar-refractivity contribution >= 4 is 11.8 Å². The van der Waals surface area contributed by atoms with Gasteiger partial charge in [-0.3, -0.25) is 14.5 Å². The van der Waals surface area contributed by atoms with Gasteiger partial charge in [-0.2, -0.15) is 5.26 Å². The zero-order valence-electron chi connectivity index (χ0n) is 11.1. The average Bonchev–Trinajstić information content (AvgIpc) is 2.71. The van der Waals surface area contributed by atoms with Crippen LogP contribution in [-0.2, 0) is 16.1 Å². The van der Waals surface area contributed by atoms with E-state index in [1.165, 1.54) is 7.05 Å². The van der Waals surface area contributed by atoms with Crippen molar-refractivity contribution < 1.29 is 14.3 Å². The third-order valence-corrected chi connectivity index (χ3v) is 3.19. The standard InChI is InChI=1S/C14H15N3O3/c1-17-13(18)8-11(14(17)19)16-9-10-4-2-3-5-12(10)20-7-6-15/h2-5,11,16H,7-9H2,1H3. The molecule has 1 N–H and O–H groups in total. The number of para-hydroxylation sites is 1. The van der Waals surface area contributed by atoms with Crippen LogP contribution in [0.4, 0.5) is 0 Å². The Balaban J connectivity index is 1.99. The van der Waals surface area contributed by atoms with Crippen molar-refractivity contribution in [2.24, 2.45) is 0 Å². The molecule has 1 aromatic rings. The summed E-state index contributed by atoms with van der Waals surface area (Å²) in [6.07, 6.45) is 0.177. The molecule has 20 heavy (non-hydrogen) atoms. The largest absolute Gasteiger partial charge is 0.478 e. The van der Waals surface area contributed by atoms with E-state index >= 15 is 0 Å². The molecule has 0 bridgehead atoms. The maximum Gasteiger partial charge on any atom is 0.246 e. The van der Waals surface area contributed by atoms with E-state index < -0.39 is 6.04 Å². The predicted octanol–water partition coefficient (Wildman–Crippen LogP) is 0.436. The second-order valence-electron chi connectivity index (χ2n) is 4.48. The van der Waals surface area contributed by atoms with E-state index in [1.807, 2.05) is 24.3 Å². The number of rotatable bonds is 5. The van der Waals surface area contributed by atoms with Crippen molar-refractivity contribution in [3.63, 3.8) is 0 Å². The summed E-state index contributed by atoms with van der Waals surface area (Å²) in [6, 6.07) is 8.70. The number of nitriles is 1. The van der Waals surface area contributed by atoms with Crippen molar-refractivity contribution in [1.82, 2.24) is 10.2 Å². The summed E-state index contributed by atoms with van der Waals surface area (Å²) in [5, 5.41) is 11.6.